The van der Waals surface area contributed by atoms with E-state index in [0.29, 0.717) is 11.7 Å². The molecular weight excluding hydrogens is 254 g/mol. The van der Waals surface area contributed by atoms with Gasteiger partial charge < -0.3 is 19.8 Å². The van der Waals surface area contributed by atoms with E-state index in [9.17, 15) is 0 Å². The molecule has 2 aromatic rings. The Bertz CT molecular complexity index is 630. The largest absolute Gasteiger partial charge is 0.423 e. The van der Waals surface area contributed by atoms with Gasteiger partial charge in [-0.1, -0.05) is 6.07 Å². The molecule has 3 rings (SSSR count). The fourth-order valence-corrected chi connectivity index (χ4v) is 3.02. The van der Waals surface area contributed by atoms with Crippen molar-refractivity contribution in [2.75, 3.05) is 23.7 Å². The fraction of sp³-hybridized carbons (Fsp3) is 0.533. The monoisotopic (exact) mass is 275 g/mol. The van der Waals surface area contributed by atoms with Gasteiger partial charge in [0.25, 0.3) is 6.01 Å². The lowest BCUT2D eigenvalue weighted by atomic mass is 9.99. The number of rotatable bonds is 1. The Kier molecular flexibility index (Phi) is 2.73. The first-order valence-electron chi connectivity index (χ1n) is 6.86. The molecule has 2 N–H and O–H groups in total. The quantitative estimate of drug-likeness (QED) is 0.811. The van der Waals surface area contributed by atoms with E-state index in [2.05, 4.69) is 37.6 Å². The van der Waals surface area contributed by atoms with Crippen LogP contribution in [0.25, 0.3) is 11.1 Å². The van der Waals surface area contributed by atoms with Crippen LogP contribution in [0.3, 0.4) is 0 Å². The van der Waals surface area contributed by atoms with Crippen molar-refractivity contribution >= 4 is 22.8 Å². The summed E-state index contributed by atoms with van der Waals surface area (Å²) in [7, 11) is 0. The molecule has 108 valence electrons. The van der Waals surface area contributed by atoms with Crippen LogP contribution in [0.5, 0.6) is 0 Å². The zero-order chi connectivity index (χ0) is 14.5. The first-order chi connectivity index (χ1) is 9.26. The number of nitrogen functional groups attached to an aromatic ring is 1. The molecule has 1 aliphatic rings. The maximum Gasteiger partial charge on any atom is 0.298 e. The minimum atomic E-state index is -0.242. The molecular formula is C15H21N3O2. The van der Waals surface area contributed by atoms with Gasteiger partial charge in [0.05, 0.1) is 30.0 Å². The number of ether oxygens (including phenoxy) is 1. The van der Waals surface area contributed by atoms with Gasteiger partial charge in [0.15, 0.2) is 5.58 Å². The van der Waals surface area contributed by atoms with Crippen molar-refractivity contribution in [1.29, 1.82) is 0 Å². The molecule has 5 nitrogen and oxygen atoms in total. The molecule has 0 aliphatic carbocycles. The molecule has 0 radical (unpaired) electrons. The Hall–Kier alpha value is -1.75. The van der Waals surface area contributed by atoms with Crippen LogP contribution in [0.1, 0.15) is 27.7 Å². The van der Waals surface area contributed by atoms with Crippen molar-refractivity contribution in [2.24, 2.45) is 0 Å². The van der Waals surface area contributed by atoms with Crippen LogP contribution in [0.15, 0.2) is 22.6 Å². The SMILES string of the molecule is CC1(C)CN(c2nc3c(N)cccc3o2)CC(C)(C)O1. The first-order valence-corrected chi connectivity index (χ1v) is 6.86. The molecule has 2 heterocycles. The topological polar surface area (TPSA) is 64.5 Å². The Morgan fingerprint density at radius 2 is 1.80 bits per heavy atom. The molecule has 0 spiro atoms. The zero-order valence-electron chi connectivity index (χ0n) is 12.4. The highest BCUT2D eigenvalue weighted by Crippen LogP contribution is 2.33. The molecule has 0 unspecified atom stereocenters. The second-order valence-corrected chi connectivity index (χ2v) is 6.67. The lowest BCUT2D eigenvalue weighted by molar-refractivity contribution is -0.133. The van der Waals surface area contributed by atoms with Gasteiger partial charge in [0, 0.05) is 0 Å². The van der Waals surface area contributed by atoms with Crippen molar-refractivity contribution in [1.82, 2.24) is 4.98 Å². The van der Waals surface area contributed by atoms with Crippen LogP contribution in [-0.2, 0) is 4.74 Å². The van der Waals surface area contributed by atoms with Gasteiger partial charge in [0.2, 0.25) is 0 Å². The maximum atomic E-state index is 6.07. The van der Waals surface area contributed by atoms with Crippen molar-refractivity contribution in [3.8, 4) is 0 Å². The summed E-state index contributed by atoms with van der Waals surface area (Å²) in [4.78, 5) is 6.67. The summed E-state index contributed by atoms with van der Waals surface area (Å²) in [5.74, 6) is 0. The highest BCUT2D eigenvalue weighted by Gasteiger charge is 2.39. The summed E-state index contributed by atoms with van der Waals surface area (Å²) in [5, 5.41) is 0. The number of fused-ring (bicyclic) bond motifs is 1. The summed E-state index contributed by atoms with van der Waals surface area (Å²) in [6, 6.07) is 6.21. The van der Waals surface area contributed by atoms with Gasteiger partial charge in [-0.25, -0.2) is 0 Å². The van der Waals surface area contributed by atoms with E-state index in [1.165, 1.54) is 0 Å². The van der Waals surface area contributed by atoms with Crippen LogP contribution in [0.2, 0.25) is 0 Å². The van der Waals surface area contributed by atoms with E-state index in [1.807, 2.05) is 18.2 Å². The van der Waals surface area contributed by atoms with Crippen LogP contribution in [0.4, 0.5) is 11.7 Å². The molecule has 1 aromatic heterocycles. The third-order valence-corrected chi connectivity index (χ3v) is 3.41. The number of nitrogens with zero attached hydrogens (tertiary/aromatic N) is 2. The fourth-order valence-electron chi connectivity index (χ4n) is 3.02. The molecule has 0 saturated carbocycles. The van der Waals surface area contributed by atoms with E-state index < -0.39 is 0 Å². The molecule has 1 saturated heterocycles. The normalized spacial score (nSPS) is 21.3. The number of morpholine rings is 1. The molecule has 1 aromatic carbocycles. The molecule has 5 heteroatoms. The molecule has 0 atom stereocenters. The summed E-state index contributed by atoms with van der Waals surface area (Å²) in [5.41, 5.74) is 7.55. The van der Waals surface area contributed by atoms with E-state index >= 15 is 0 Å². The number of benzene rings is 1. The average Bonchev–Trinajstić information content (AvgIpc) is 2.70. The van der Waals surface area contributed by atoms with Crippen LogP contribution in [0, 0.1) is 0 Å². The second kappa shape index (κ2) is 4.12. The summed E-state index contributed by atoms with van der Waals surface area (Å²) in [6.45, 7) is 9.80. The van der Waals surface area contributed by atoms with E-state index in [0.717, 1.165) is 24.2 Å². The lowest BCUT2D eigenvalue weighted by Gasteiger charge is -2.46. The third kappa shape index (κ3) is 2.33. The van der Waals surface area contributed by atoms with Crippen molar-refractivity contribution in [3.63, 3.8) is 0 Å². The number of aromatic nitrogens is 1. The number of anilines is 2. The Morgan fingerprint density at radius 1 is 1.15 bits per heavy atom. The molecule has 0 amide bonds. The smallest absolute Gasteiger partial charge is 0.298 e. The zero-order valence-corrected chi connectivity index (χ0v) is 12.4. The number of hydrogen-bond donors (Lipinski definition) is 1. The van der Waals surface area contributed by atoms with Crippen LogP contribution < -0.4 is 10.6 Å². The predicted octanol–water partition coefficient (Wildman–Crippen LogP) is 2.80. The summed E-state index contributed by atoms with van der Waals surface area (Å²) >= 11 is 0. The maximum absolute atomic E-state index is 6.07. The van der Waals surface area contributed by atoms with Gasteiger partial charge in [-0.2, -0.15) is 4.98 Å². The standard InChI is InChI=1S/C15H21N3O2/c1-14(2)8-18(9-15(3,4)20-14)13-17-12-10(16)6-5-7-11(12)19-13/h5-7H,8-9,16H2,1-4H3. The van der Waals surface area contributed by atoms with Crippen molar-refractivity contribution in [2.45, 2.75) is 38.9 Å². The molecule has 0 bridgehead atoms. The average molecular weight is 275 g/mol. The van der Waals surface area contributed by atoms with Gasteiger partial charge in [-0.3, -0.25) is 0 Å². The number of para-hydroxylation sites is 1. The highest BCUT2D eigenvalue weighted by atomic mass is 16.5. The van der Waals surface area contributed by atoms with E-state index in [4.69, 9.17) is 14.9 Å². The van der Waals surface area contributed by atoms with Gasteiger partial charge in [-0.05, 0) is 39.8 Å². The Labute approximate surface area is 118 Å². The van der Waals surface area contributed by atoms with Crippen LogP contribution in [-0.4, -0.2) is 29.3 Å². The second-order valence-electron chi connectivity index (χ2n) is 6.67. The minimum absolute atomic E-state index is 0.242. The van der Waals surface area contributed by atoms with Gasteiger partial charge in [-0.15, -0.1) is 0 Å². The van der Waals surface area contributed by atoms with Crippen molar-refractivity contribution < 1.29 is 9.15 Å². The van der Waals surface area contributed by atoms with E-state index in [1.54, 1.807) is 0 Å². The lowest BCUT2D eigenvalue weighted by Crippen LogP contribution is -2.57. The molecule has 1 fully saturated rings. The summed E-state index contributed by atoms with van der Waals surface area (Å²) < 4.78 is 11.9. The van der Waals surface area contributed by atoms with Gasteiger partial charge in [0.1, 0.15) is 5.52 Å². The Morgan fingerprint density at radius 3 is 2.40 bits per heavy atom. The molecule has 20 heavy (non-hydrogen) atoms. The van der Waals surface area contributed by atoms with E-state index in [-0.39, 0.29) is 11.2 Å². The summed E-state index contributed by atoms with van der Waals surface area (Å²) in [6.07, 6.45) is 0. The van der Waals surface area contributed by atoms with Crippen molar-refractivity contribution in [3.05, 3.63) is 18.2 Å². The number of oxazole rings is 1. The predicted molar refractivity (Wildman–Crippen MR) is 79.9 cm³/mol. The third-order valence-electron chi connectivity index (χ3n) is 3.41. The number of hydrogen-bond acceptors (Lipinski definition) is 5. The number of nitrogens with two attached hydrogens (primary N) is 1. The Balaban J connectivity index is 2.00. The van der Waals surface area contributed by atoms with Gasteiger partial charge >= 0.3 is 0 Å². The molecule has 1 aliphatic heterocycles. The highest BCUT2D eigenvalue weighted by molar-refractivity contribution is 5.86. The minimum Gasteiger partial charge on any atom is -0.423 e. The van der Waals surface area contributed by atoms with Crippen LogP contribution >= 0.6 is 0 Å². The first kappa shape index (κ1) is 13.2.